The van der Waals surface area contributed by atoms with E-state index in [0.717, 1.165) is 11.3 Å². The van der Waals surface area contributed by atoms with Crippen LogP contribution in [0.1, 0.15) is 0 Å². The molecule has 2 heterocycles. The van der Waals surface area contributed by atoms with Gasteiger partial charge in [-0.1, -0.05) is 0 Å². The molecule has 68 valence electrons. The van der Waals surface area contributed by atoms with Crippen molar-refractivity contribution in [2.75, 3.05) is 5.73 Å². The molecule has 6 heteroatoms. The Morgan fingerprint density at radius 1 is 1.23 bits per heavy atom. The van der Waals surface area contributed by atoms with E-state index in [2.05, 4.69) is 20.2 Å². The normalized spacial score (nSPS) is 9.23. The van der Waals surface area contributed by atoms with Gasteiger partial charge in [0.2, 0.25) is 0 Å². The molecule has 5 nitrogen and oxygen atoms in total. The van der Waals surface area contributed by atoms with Crippen LogP contribution in [0.4, 0.5) is 5.82 Å². The van der Waals surface area contributed by atoms with Gasteiger partial charge < -0.3 is 5.73 Å². The Hall–Kier alpha value is -1.62. The Balaban J connectivity index is 0.000000845. The first kappa shape index (κ1) is 9.47. The zero-order valence-electron chi connectivity index (χ0n) is 6.64. The minimum atomic E-state index is 0. The van der Waals surface area contributed by atoms with Crippen molar-refractivity contribution < 1.29 is 0 Å². The van der Waals surface area contributed by atoms with Gasteiger partial charge in [-0.3, -0.25) is 10.1 Å². The number of hydrogen-bond donors (Lipinski definition) is 2. The summed E-state index contributed by atoms with van der Waals surface area (Å²) in [5, 5.41) is 6.48. The number of hydrogen-bond acceptors (Lipinski definition) is 4. The summed E-state index contributed by atoms with van der Waals surface area (Å²) < 4.78 is 0. The van der Waals surface area contributed by atoms with E-state index in [9.17, 15) is 0 Å². The number of rotatable bonds is 1. The highest BCUT2D eigenvalue weighted by Crippen LogP contribution is 2.13. The molecule has 13 heavy (non-hydrogen) atoms. The lowest BCUT2D eigenvalue weighted by atomic mass is 10.3. The molecule has 0 spiro atoms. The van der Waals surface area contributed by atoms with Crippen molar-refractivity contribution in [3.8, 4) is 11.3 Å². The van der Waals surface area contributed by atoms with Crippen LogP contribution in [0.3, 0.4) is 0 Å². The highest BCUT2D eigenvalue weighted by atomic mass is 35.5. The summed E-state index contributed by atoms with van der Waals surface area (Å²) in [7, 11) is 0. The molecule has 0 aromatic carbocycles. The van der Waals surface area contributed by atoms with Gasteiger partial charge in [0.05, 0.1) is 24.3 Å². The fraction of sp³-hybridized carbons (Fsp3) is 0. The van der Waals surface area contributed by atoms with Crippen molar-refractivity contribution in [2.24, 2.45) is 0 Å². The molecule has 3 N–H and O–H groups in total. The van der Waals surface area contributed by atoms with E-state index in [4.69, 9.17) is 5.73 Å². The molecule has 0 saturated carbocycles. The number of nitrogen functional groups attached to an aromatic ring is 1. The lowest BCUT2D eigenvalue weighted by Crippen LogP contribution is -1.92. The Morgan fingerprint density at radius 3 is 2.69 bits per heavy atom. The minimum Gasteiger partial charge on any atom is -0.382 e. The molecular weight excluding hydrogens is 190 g/mol. The van der Waals surface area contributed by atoms with Crippen LogP contribution in [-0.4, -0.2) is 20.2 Å². The summed E-state index contributed by atoms with van der Waals surface area (Å²) in [6.45, 7) is 0. The van der Waals surface area contributed by atoms with Crippen molar-refractivity contribution in [2.45, 2.75) is 0 Å². The van der Waals surface area contributed by atoms with E-state index < -0.39 is 0 Å². The molecule has 2 aromatic rings. The third kappa shape index (κ3) is 1.94. The van der Waals surface area contributed by atoms with Crippen LogP contribution >= 0.6 is 12.4 Å². The van der Waals surface area contributed by atoms with Gasteiger partial charge in [0.25, 0.3) is 0 Å². The monoisotopic (exact) mass is 197 g/mol. The summed E-state index contributed by atoms with van der Waals surface area (Å²) in [4.78, 5) is 7.98. The van der Waals surface area contributed by atoms with E-state index in [1.165, 1.54) is 6.20 Å². The van der Waals surface area contributed by atoms with Crippen molar-refractivity contribution in [1.82, 2.24) is 20.2 Å². The van der Waals surface area contributed by atoms with Crippen LogP contribution in [0, 0.1) is 0 Å². The maximum Gasteiger partial charge on any atom is 0.142 e. The number of aromatic amines is 1. The molecule has 0 bridgehead atoms. The first-order valence-corrected chi connectivity index (χ1v) is 3.43. The number of nitrogens with one attached hydrogen (secondary N) is 1. The molecule has 0 aliphatic heterocycles. The fourth-order valence-corrected chi connectivity index (χ4v) is 0.911. The zero-order chi connectivity index (χ0) is 8.39. The first-order chi connectivity index (χ1) is 5.86. The van der Waals surface area contributed by atoms with Crippen molar-refractivity contribution >= 4 is 18.2 Å². The Labute approximate surface area is 80.8 Å². The molecule has 0 saturated heterocycles. The Bertz CT molecular complexity index is 372. The van der Waals surface area contributed by atoms with Crippen LogP contribution in [0.5, 0.6) is 0 Å². The molecule has 0 unspecified atom stereocenters. The molecular formula is C7H8ClN5. The van der Waals surface area contributed by atoms with E-state index in [-0.39, 0.29) is 12.4 Å². The van der Waals surface area contributed by atoms with Gasteiger partial charge in [0.1, 0.15) is 5.82 Å². The largest absolute Gasteiger partial charge is 0.382 e. The quantitative estimate of drug-likeness (QED) is 0.711. The minimum absolute atomic E-state index is 0. The number of halogens is 1. The van der Waals surface area contributed by atoms with Crippen molar-refractivity contribution in [1.29, 1.82) is 0 Å². The Morgan fingerprint density at radius 2 is 2.08 bits per heavy atom. The average molecular weight is 198 g/mol. The second-order valence-electron chi connectivity index (χ2n) is 2.32. The third-order valence-corrected chi connectivity index (χ3v) is 1.45. The van der Waals surface area contributed by atoms with E-state index in [1.54, 1.807) is 18.6 Å². The molecule has 0 atom stereocenters. The molecule has 2 aromatic heterocycles. The molecule has 0 radical (unpaired) electrons. The lowest BCUT2D eigenvalue weighted by molar-refractivity contribution is 1.09. The second kappa shape index (κ2) is 3.86. The smallest absolute Gasteiger partial charge is 0.142 e. The van der Waals surface area contributed by atoms with Gasteiger partial charge in [-0.15, -0.1) is 12.4 Å². The summed E-state index contributed by atoms with van der Waals surface area (Å²) >= 11 is 0. The highest BCUT2D eigenvalue weighted by molar-refractivity contribution is 5.85. The predicted molar refractivity (Wildman–Crippen MR) is 51.3 cm³/mol. The second-order valence-corrected chi connectivity index (χ2v) is 2.32. The van der Waals surface area contributed by atoms with Gasteiger partial charge in [-0.2, -0.15) is 5.10 Å². The maximum atomic E-state index is 5.46. The Kier molecular flexibility index (Phi) is 2.81. The van der Waals surface area contributed by atoms with Gasteiger partial charge in [-0.25, -0.2) is 4.98 Å². The van der Waals surface area contributed by atoms with Crippen molar-refractivity contribution in [3.63, 3.8) is 0 Å². The lowest BCUT2D eigenvalue weighted by Gasteiger charge is -1.95. The van der Waals surface area contributed by atoms with Crippen LogP contribution in [0.25, 0.3) is 11.3 Å². The maximum absolute atomic E-state index is 5.46. The zero-order valence-corrected chi connectivity index (χ0v) is 7.45. The summed E-state index contributed by atoms with van der Waals surface area (Å²) in [6, 6.07) is 0. The number of anilines is 1. The average Bonchev–Trinajstić information content (AvgIpc) is 2.56. The molecule has 2 rings (SSSR count). The van der Waals surface area contributed by atoms with Crippen LogP contribution in [-0.2, 0) is 0 Å². The molecule has 0 aliphatic carbocycles. The SMILES string of the molecule is Cl.Nc1cncc(-c2cn[nH]c2)n1. The molecule has 0 amide bonds. The van der Waals surface area contributed by atoms with E-state index >= 15 is 0 Å². The number of nitrogens with zero attached hydrogens (tertiary/aromatic N) is 3. The summed E-state index contributed by atoms with van der Waals surface area (Å²) in [6.07, 6.45) is 6.55. The van der Waals surface area contributed by atoms with Gasteiger partial charge >= 0.3 is 0 Å². The predicted octanol–water partition coefficient (Wildman–Crippen LogP) is 0.871. The van der Waals surface area contributed by atoms with Crippen LogP contribution < -0.4 is 5.73 Å². The van der Waals surface area contributed by atoms with E-state index in [1.807, 2.05) is 0 Å². The fourth-order valence-electron chi connectivity index (χ4n) is 0.911. The third-order valence-electron chi connectivity index (χ3n) is 1.45. The van der Waals surface area contributed by atoms with Crippen LogP contribution in [0.15, 0.2) is 24.8 Å². The summed E-state index contributed by atoms with van der Waals surface area (Å²) in [5.41, 5.74) is 7.07. The van der Waals surface area contributed by atoms with Gasteiger partial charge in [-0.05, 0) is 0 Å². The standard InChI is InChI=1S/C7H7N5.ClH/c8-7-4-9-3-6(12-7)5-1-10-11-2-5;/h1-4H,(H2,8,12)(H,10,11);1H. The number of H-pyrrole nitrogens is 1. The first-order valence-electron chi connectivity index (χ1n) is 3.43. The van der Waals surface area contributed by atoms with E-state index in [0.29, 0.717) is 5.82 Å². The highest BCUT2D eigenvalue weighted by Gasteiger charge is 1.99. The van der Waals surface area contributed by atoms with Gasteiger partial charge in [0, 0.05) is 11.8 Å². The summed E-state index contributed by atoms with van der Waals surface area (Å²) in [5.74, 6) is 0.411. The van der Waals surface area contributed by atoms with Gasteiger partial charge in [0.15, 0.2) is 0 Å². The number of nitrogens with two attached hydrogens (primary N) is 1. The number of aromatic nitrogens is 4. The molecule has 0 aliphatic rings. The molecule has 0 fully saturated rings. The van der Waals surface area contributed by atoms with Crippen LogP contribution in [0.2, 0.25) is 0 Å². The topological polar surface area (TPSA) is 80.5 Å². The van der Waals surface area contributed by atoms with Crippen molar-refractivity contribution in [3.05, 3.63) is 24.8 Å².